The average molecular weight is 336 g/mol. The SMILES string of the molecule is COCCN1Cc2cc(Cl)c(C)c([N+](=O)[O-])c2NS1(=O)=O. The van der Waals surface area contributed by atoms with Crippen LogP contribution in [0.1, 0.15) is 11.1 Å². The fourth-order valence-corrected chi connectivity index (χ4v) is 3.57. The lowest BCUT2D eigenvalue weighted by molar-refractivity contribution is -0.384. The van der Waals surface area contributed by atoms with Crippen LogP contribution in [-0.4, -0.2) is 37.9 Å². The standard InChI is InChI=1S/C11H14ClN3O5S/c1-7-9(12)5-8-6-14(3-4-20-2)21(18,19)13-10(8)11(7)15(16)17/h5,13H,3-4,6H2,1-2H3. The third kappa shape index (κ3) is 2.95. The highest BCUT2D eigenvalue weighted by atomic mass is 35.5. The number of fused-ring (bicyclic) bond motifs is 1. The van der Waals surface area contributed by atoms with E-state index < -0.39 is 15.1 Å². The van der Waals surface area contributed by atoms with Gasteiger partial charge in [0.2, 0.25) is 0 Å². The molecule has 0 aromatic heterocycles. The van der Waals surface area contributed by atoms with Crippen molar-refractivity contribution < 1.29 is 18.1 Å². The molecule has 0 bridgehead atoms. The summed E-state index contributed by atoms with van der Waals surface area (Å²) in [6.07, 6.45) is 0. The lowest BCUT2D eigenvalue weighted by Crippen LogP contribution is -2.41. The Hall–Kier alpha value is -1.42. The Morgan fingerprint density at radius 3 is 2.81 bits per heavy atom. The molecule has 0 unspecified atom stereocenters. The number of rotatable bonds is 4. The Labute approximate surface area is 127 Å². The van der Waals surface area contributed by atoms with Gasteiger partial charge in [-0.3, -0.25) is 14.8 Å². The molecule has 1 aromatic carbocycles. The first kappa shape index (κ1) is 16.0. The molecular formula is C11H14ClN3O5S. The number of anilines is 1. The van der Waals surface area contributed by atoms with E-state index >= 15 is 0 Å². The number of nitrogens with one attached hydrogen (secondary N) is 1. The molecule has 0 aliphatic carbocycles. The van der Waals surface area contributed by atoms with Crippen LogP contribution >= 0.6 is 11.6 Å². The van der Waals surface area contributed by atoms with Crippen LogP contribution in [0.5, 0.6) is 0 Å². The van der Waals surface area contributed by atoms with E-state index in [0.29, 0.717) is 5.56 Å². The zero-order valence-electron chi connectivity index (χ0n) is 11.4. The number of hydrogen-bond acceptors (Lipinski definition) is 5. The average Bonchev–Trinajstić information content (AvgIpc) is 2.38. The molecule has 1 aromatic rings. The Balaban J connectivity index is 2.54. The van der Waals surface area contributed by atoms with Gasteiger partial charge >= 0.3 is 10.2 Å². The molecule has 21 heavy (non-hydrogen) atoms. The summed E-state index contributed by atoms with van der Waals surface area (Å²) in [5.74, 6) is 0. The number of nitrogens with zero attached hydrogens (tertiary/aromatic N) is 2. The fourth-order valence-electron chi connectivity index (χ4n) is 2.11. The zero-order chi connectivity index (χ0) is 15.8. The molecule has 0 atom stereocenters. The predicted molar refractivity (Wildman–Crippen MR) is 77.7 cm³/mol. The number of methoxy groups -OCH3 is 1. The Kier molecular flexibility index (Phi) is 4.38. The quantitative estimate of drug-likeness (QED) is 0.666. The molecule has 0 saturated heterocycles. The van der Waals surface area contributed by atoms with E-state index in [1.54, 1.807) is 6.07 Å². The van der Waals surface area contributed by atoms with Gasteiger partial charge in [-0.25, -0.2) is 0 Å². The number of ether oxygens (including phenoxy) is 1. The summed E-state index contributed by atoms with van der Waals surface area (Å²) in [4.78, 5) is 10.6. The van der Waals surface area contributed by atoms with Crippen LogP contribution in [0.25, 0.3) is 0 Å². The van der Waals surface area contributed by atoms with Crippen molar-refractivity contribution in [3.8, 4) is 0 Å². The molecule has 0 fully saturated rings. The van der Waals surface area contributed by atoms with E-state index in [-0.39, 0.29) is 41.7 Å². The van der Waals surface area contributed by atoms with Gasteiger partial charge in [-0.1, -0.05) is 11.6 Å². The van der Waals surface area contributed by atoms with Crippen molar-refractivity contribution in [3.05, 3.63) is 32.3 Å². The molecule has 8 nitrogen and oxygen atoms in total. The monoisotopic (exact) mass is 335 g/mol. The van der Waals surface area contributed by atoms with Crippen molar-refractivity contribution in [1.29, 1.82) is 0 Å². The maximum absolute atomic E-state index is 12.1. The molecule has 10 heteroatoms. The van der Waals surface area contributed by atoms with Gasteiger partial charge in [-0.2, -0.15) is 12.7 Å². The molecule has 0 saturated carbocycles. The number of benzene rings is 1. The maximum atomic E-state index is 12.1. The van der Waals surface area contributed by atoms with Crippen molar-refractivity contribution in [2.45, 2.75) is 13.5 Å². The summed E-state index contributed by atoms with van der Waals surface area (Å²) in [7, 11) is -2.38. The van der Waals surface area contributed by atoms with Crippen molar-refractivity contribution in [2.24, 2.45) is 0 Å². The van der Waals surface area contributed by atoms with Crippen LogP contribution < -0.4 is 4.72 Å². The van der Waals surface area contributed by atoms with E-state index in [1.165, 1.54) is 14.0 Å². The van der Waals surface area contributed by atoms with Gasteiger partial charge in [0.15, 0.2) is 0 Å². The molecule has 0 amide bonds. The van der Waals surface area contributed by atoms with Crippen LogP contribution in [0.15, 0.2) is 6.07 Å². The lowest BCUT2D eigenvalue weighted by Gasteiger charge is -2.29. The Morgan fingerprint density at radius 2 is 2.24 bits per heavy atom. The van der Waals surface area contributed by atoms with Crippen molar-refractivity contribution in [3.63, 3.8) is 0 Å². The molecule has 0 spiro atoms. The van der Waals surface area contributed by atoms with Crippen LogP contribution in [-0.2, 0) is 21.5 Å². The molecule has 0 radical (unpaired) electrons. The Bertz CT molecular complexity index is 692. The summed E-state index contributed by atoms with van der Waals surface area (Å²) in [5.41, 5.74) is 0.361. The van der Waals surface area contributed by atoms with Crippen LogP contribution in [0.3, 0.4) is 0 Å². The summed E-state index contributed by atoms with van der Waals surface area (Å²) in [5, 5.41) is 11.4. The van der Waals surface area contributed by atoms with Crippen molar-refractivity contribution in [1.82, 2.24) is 4.31 Å². The summed E-state index contributed by atoms with van der Waals surface area (Å²) >= 11 is 5.99. The van der Waals surface area contributed by atoms with Crippen LogP contribution in [0.2, 0.25) is 5.02 Å². The molecule has 1 aliphatic heterocycles. The number of nitro benzene ring substituents is 1. The maximum Gasteiger partial charge on any atom is 0.302 e. The highest BCUT2D eigenvalue weighted by Crippen LogP contribution is 2.40. The summed E-state index contributed by atoms with van der Waals surface area (Å²) in [6.45, 7) is 1.85. The van der Waals surface area contributed by atoms with Gasteiger partial charge in [-0.15, -0.1) is 0 Å². The van der Waals surface area contributed by atoms with Gasteiger partial charge < -0.3 is 4.74 Å². The Morgan fingerprint density at radius 1 is 1.57 bits per heavy atom. The zero-order valence-corrected chi connectivity index (χ0v) is 13.0. The molecule has 1 heterocycles. The lowest BCUT2D eigenvalue weighted by atomic mass is 10.1. The van der Waals surface area contributed by atoms with E-state index in [9.17, 15) is 18.5 Å². The third-order valence-electron chi connectivity index (χ3n) is 3.22. The third-order valence-corrected chi connectivity index (χ3v) is 5.06. The fraction of sp³-hybridized carbons (Fsp3) is 0.455. The largest absolute Gasteiger partial charge is 0.383 e. The second-order valence-electron chi connectivity index (χ2n) is 4.56. The summed E-state index contributed by atoms with van der Waals surface area (Å²) < 4.78 is 32.5. The summed E-state index contributed by atoms with van der Waals surface area (Å²) in [6, 6.07) is 1.54. The smallest absolute Gasteiger partial charge is 0.302 e. The minimum absolute atomic E-state index is 0.00880. The first-order valence-electron chi connectivity index (χ1n) is 6.01. The predicted octanol–water partition coefficient (Wildman–Crippen LogP) is 1.68. The molecule has 116 valence electrons. The van der Waals surface area contributed by atoms with Gasteiger partial charge in [0, 0.05) is 31.3 Å². The number of hydrogen-bond donors (Lipinski definition) is 1. The van der Waals surface area contributed by atoms with E-state index in [4.69, 9.17) is 16.3 Å². The topological polar surface area (TPSA) is 102 Å². The van der Waals surface area contributed by atoms with Gasteiger partial charge in [0.25, 0.3) is 5.69 Å². The normalized spacial score (nSPS) is 17.1. The van der Waals surface area contributed by atoms with Gasteiger partial charge in [0.1, 0.15) is 5.69 Å². The van der Waals surface area contributed by atoms with Crippen molar-refractivity contribution >= 4 is 33.2 Å². The minimum Gasteiger partial charge on any atom is -0.383 e. The van der Waals surface area contributed by atoms with Crippen LogP contribution in [0.4, 0.5) is 11.4 Å². The minimum atomic E-state index is -3.84. The first-order chi connectivity index (χ1) is 9.77. The number of nitro groups is 1. The van der Waals surface area contributed by atoms with Crippen LogP contribution in [0, 0.1) is 17.0 Å². The van der Waals surface area contributed by atoms with E-state index in [0.717, 1.165) is 4.31 Å². The second kappa shape index (κ2) is 5.76. The molecular weight excluding hydrogens is 322 g/mol. The second-order valence-corrected chi connectivity index (χ2v) is 6.63. The van der Waals surface area contributed by atoms with Gasteiger partial charge in [0.05, 0.1) is 16.6 Å². The van der Waals surface area contributed by atoms with Crippen molar-refractivity contribution in [2.75, 3.05) is 25.0 Å². The highest BCUT2D eigenvalue weighted by Gasteiger charge is 2.35. The molecule has 2 rings (SSSR count). The number of halogens is 1. The first-order valence-corrected chi connectivity index (χ1v) is 7.83. The van der Waals surface area contributed by atoms with E-state index in [1.807, 2.05) is 0 Å². The van der Waals surface area contributed by atoms with E-state index in [2.05, 4.69) is 4.72 Å². The molecule has 1 N–H and O–H groups in total. The highest BCUT2D eigenvalue weighted by molar-refractivity contribution is 7.90. The molecule has 1 aliphatic rings. The van der Waals surface area contributed by atoms with Gasteiger partial charge in [-0.05, 0) is 13.0 Å².